The molecule has 1 aliphatic heterocycles. The molecule has 1 unspecified atom stereocenters. The van der Waals surface area contributed by atoms with Crippen LogP contribution in [0.1, 0.15) is 25.0 Å². The van der Waals surface area contributed by atoms with Gasteiger partial charge >= 0.3 is 0 Å². The number of carbonyl (C=O) groups excluding carboxylic acids is 1. The lowest BCUT2D eigenvalue weighted by molar-refractivity contribution is -0.119. The summed E-state index contributed by atoms with van der Waals surface area (Å²) in [6, 6.07) is 15.0. The van der Waals surface area contributed by atoms with Gasteiger partial charge in [0.25, 0.3) is 5.91 Å². The molecular formula is C22H21ClN4OS. The van der Waals surface area contributed by atoms with Gasteiger partial charge in [0.2, 0.25) is 6.17 Å². The number of nitrogens with zero attached hydrogens (tertiary/aromatic N) is 2. The number of hydrogen-bond donors (Lipinski definition) is 2. The highest BCUT2D eigenvalue weighted by atomic mass is 35.5. The number of hydrogen-bond acceptors (Lipinski definition) is 3. The summed E-state index contributed by atoms with van der Waals surface area (Å²) in [5, 5.41) is 6.82. The van der Waals surface area contributed by atoms with Crippen LogP contribution in [-0.4, -0.2) is 35.5 Å². The molecule has 0 aromatic heterocycles. The van der Waals surface area contributed by atoms with E-state index >= 15 is 0 Å². The third kappa shape index (κ3) is 4.58. The summed E-state index contributed by atoms with van der Waals surface area (Å²) in [6.45, 7) is 3.64. The minimum absolute atomic E-state index is 0.248. The van der Waals surface area contributed by atoms with Gasteiger partial charge in [-0.2, -0.15) is 0 Å². The van der Waals surface area contributed by atoms with E-state index in [1.165, 1.54) is 0 Å². The molecule has 1 atom stereocenters. The minimum atomic E-state index is -0.921. The Morgan fingerprint density at radius 1 is 1.28 bits per heavy atom. The first-order valence-corrected chi connectivity index (χ1v) is 9.77. The van der Waals surface area contributed by atoms with Crippen molar-refractivity contribution in [3.05, 3.63) is 64.7 Å². The number of terminal acetylenes is 1. The number of anilines is 1. The van der Waals surface area contributed by atoms with Crippen LogP contribution < -0.4 is 15.5 Å². The second kappa shape index (κ2) is 8.24. The van der Waals surface area contributed by atoms with Gasteiger partial charge < -0.3 is 15.5 Å². The highest BCUT2D eigenvalue weighted by molar-refractivity contribution is 7.80. The molecule has 0 aliphatic carbocycles. The number of benzene rings is 2. The molecule has 1 amide bonds. The SMILES string of the molecule is C#CC(C)(C)NC(=S)NC1N=C(c2ccccc2)c2cc(Cl)ccc2N(C)C1=O. The van der Waals surface area contributed by atoms with Crippen LogP contribution >= 0.6 is 23.8 Å². The van der Waals surface area contributed by atoms with Crippen LogP contribution in [-0.2, 0) is 4.79 Å². The highest BCUT2D eigenvalue weighted by Gasteiger charge is 2.31. The van der Waals surface area contributed by atoms with Crippen molar-refractivity contribution in [2.75, 3.05) is 11.9 Å². The lowest BCUT2D eigenvalue weighted by Crippen LogP contribution is -2.53. The van der Waals surface area contributed by atoms with E-state index < -0.39 is 11.7 Å². The minimum Gasteiger partial charge on any atom is -0.347 e. The van der Waals surface area contributed by atoms with E-state index in [0.29, 0.717) is 16.4 Å². The zero-order chi connectivity index (χ0) is 21.2. The number of halogens is 1. The van der Waals surface area contributed by atoms with Gasteiger partial charge in [-0.1, -0.05) is 47.9 Å². The van der Waals surface area contributed by atoms with Crippen LogP contribution in [0.15, 0.2) is 53.5 Å². The van der Waals surface area contributed by atoms with Crippen molar-refractivity contribution in [2.24, 2.45) is 4.99 Å². The number of fused-ring (bicyclic) bond motifs is 1. The Balaban J connectivity index is 2.07. The Hall–Kier alpha value is -2.88. The molecule has 7 heteroatoms. The predicted octanol–water partition coefficient (Wildman–Crippen LogP) is 3.36. The Morgan fingerprint density at radius 3 is 2.62 bits per heavy atom. The van der Waals surface area contributed by atoms with Crippen LogP contribution in [0.3, 0.4) is 0 Å². The summed E-state index contributed by atoms with van der Waals surface area (Å²) in [7, 11) is 1.70. The number of aliphatic imine (C=N–C) groups is 1. The Labute approximate surface area is 181 Å². The molecule has 2 N–H and O–H groups in total. The first kappa shape index (κ1) is 20.8. The second-order valence-corrected chi connectivity index (χ2v) is 8.02. The highest BCUT2D eigenvalue weighted by Crippen LogP contribution is 2.29. The summed E-state index contributed by atoms with van der Waals surface area (Å²) in [6.07, 6.45) is 4.60. The third-order valence-electron chi connectivity index (χ3n) is 4.50. The topological polar surface area (TPSA) is 56.7 Å². The van der Waals surface area contributed by atoms with Crippen molar-refractivity contribution in [1.29, 1.82) is 0 Å². The van der Waals surface area contributed by atoms with E-state index in [-0.39, 0.29) is 11.0 Å². The van der Waals surface area contributed by atoms with Gasteiger partial charge in [-0.25, -0.2) is 4.99 Å². The average molecular weight is 425 g/mol. The van der Waals surface area contributed by atoms with E-state index in [4.69, 9.17) is 35.2 Å². The molecule has 1 heterocycles. The smallest absolute Gasteiger partial charge is 0.272 e. The quantitative estimate of drug-likeness (QED) is 0.586. The summed E-state index contributed by atoms with van der Waals surface area (Å²) in [5.74, 6) is 2.36. The van der Waals surface area contributed by atoms with E-state index in [2.05, 4.69) is 16.6 Å². The Kier molecular flexibility index (Phi) is 5.92. The number of likely N-dealkylation sites (N-methyl/N-ethyl adjacent to an activating group) is 1. The summed E-state index contributed by atoms with van der Waals surface area (Å²) in [4.78, 5) is 19.4. The maximum atomic E-state index is 13.1. The first-order valence-electron chi connectivity index (χ1n) is 8.99. The van der Waals surface area contributed by atoms with Gasteiger partial charge in [-0.05, 0) is 44.3 Å². The number of amides is 1. The fraction of sp³-hybridized carbons (Fsp3) is 0.227. The molecule has 0 fully saturated rings. The molecule has 5 nitrogen and oxygen atoms in total. The molecule has 0 saturated carbocycles. The van der Waals surface area contributed by atoms with Crippen LogP contribution in [0.2, 0.25) is 5.02 Å². The summed E-state index contributed by atoms with van der Waals surface area (Å²) >= 11 is 11.6. The van der Waals surface area contributed by atoms with Crippen LogP contribution in [0.4, 0.5) is 5.69 Å². The largest absolute Gasteiger partial charge is 0.347 e. The van der Waals surface area contributed by atoms with Crippen LogP contribution in [0, 0.1) is 12.3 Å². The molecule has 0 radical (unpaired) electrons. The molecule has 3 rings (SSSR count). The molecule has 2 aromatic carbocycles. The molecule has 0 spiro atoms. The second-order valence-electron chi connectivity index (χ2n) is 7.17. The average Bonchev–Trinajstić information content (AvgIpc) is 2.78. The van der Waals surface area contributed by atoms with Gasteiger partial charge in [-0.3, -0.25) is 4.79 Å². The summed E-state index contributed by atoms with van der Waals surface area (Å²) < 4.78 is 0. The third-order valence-corrected chi connectivity index (χ3v) is 4.95. The van der Waals surface area contributed by atoms with Crippen molar-refractivity contribution < 1.29 is 4.79 Å². The van der Waals surface area contributed by atoms with Crippen molar-refractivity contribution in [1.82, 2.24) is 10.6 Å². The van der Waals surface area contributed by atoms with Crippen molar-refractivity contribution in [3.63, 3.8) is 0 Å². The molecule has 29 heavy (non-hydrogen) atoms. The van der Waals surface area contributed by atoms with Crippen LogP contribution in [0.5, 0.6) is 0 Å². The van der Waals surface area contributed by atoms with Gasteiger partial charge in [0.15, 0.2) is 5.11 Å². The number of benzodiazepines with no additional fused rings is 1. The van der Waals surface area contributed by atoms with E-state index in [9.17, 15) is 4.79 Å². The fourth-order valence-electron chi connectivity index (χ4n) is 2.95. The maximum Gasteiger partial charge on any atom is 0.272 e. The predicted molar refractivity (Wildman–Crippen MR) is 123 cm³/mol. The van der Waals surface area contributed by atoms with E-state index in [1.54, 1.807) is 18.0 Å². The monoisotopic (exact) mass is 424 g/mol. The standard InChI is InChI=1S/C22H21ClN4OS/c1-5-22(2,3)26-21(29)25-19-20(28)27(4)17-12-11-15(23)13-16(17)18(24-19)14-9-7-6-8-10-14/h1,6-13,19H,2-4H3,(H2,25,26,29). The van der Waals surface area contributed by atoms with Gasteiger partial charge in [0.1, 0.15) is 0 Å². The zero-order valence-electron chi connectivity index (χ0n) is 16.4. The first-order chi connectivity index (χ1) is 13.7. The molecule has 148 valence electrons. The van der Waals surface area contributed by atoms with Crippen molar-refractivity contribution >= 4 is 46.2 Å². The van der Waals surface area contributed by atoms with Crippen LogP contribution in [0.25, 0.3) is 0 Å². The maximum absolute atomic E-state index is 13.1. The van der Waals surface area contributed by atoms with E-state index in [0.717, 1.165) is 11.1 Å². The number of nitrogens with one attached hydrogen (secondary N) is 2. The fourth-order valence-corrected chi connectivity index (χ4v) is 3.49. The Bertz CT molecular complexity index is 1030. The zero-order valence-corrected chi connectivity index (χ0v) is 17.9. The lowest BCUT2D eigenvalue weighted by atomic mass is 10.0. The lowest BCUT2D eigenvalue weighted by Gasteiger charge is -2.25. The number of thiocarbonyl (C=S) groups is 1. The molecule has 2 aromatic rings. The van der Waals surface area contributed by atoms with Crippen molar-refractivity contribution in [2.45, 2.75) is 25.6 Å². The van der Waals surface area contributed by atoms with Crippen molar-refractivity contribution in [3.8, 4) is 12.3 Å². The summed E-state index contributed by atoms with van der Waals surface area (Å²) in [5.41, 5.74) is 2.35. The molecule has 1 aliphatic rings. The normalized spacial score (nSPS) is 16.2. The van der Waals surface area contributed by atoms with Gasteiger partial charge in [0.05, 0.1) is 16.9 Å². The molecular weight excluding hydrogens is 404 g/mol. The van der Waals surface area contributed by atoms with Gasteiger partial charge in [-0.15, -0.1) is 6.42 Å². The Morgan fingerprint density at radius 2 is 1.97 bits per heavy atom. The molecule has 0 bridgehead atoms. The molecule has 0 saturated heterocycles. The number of carbonyl (C=O) groups is 1. The van der Waals surface area contributed by atoms with Gasteiger partial charge in [0, 0.05) is 23.2 Å². The van der Waals surface area contributed by atoms with E-state index in [1.807, 2.05) is 56.3 Å². The number of rotatable bonds is 3.